The fraction of sp³-hybridized carbons (Fsp3) is 0.0227. The molecule has 0 saturated carbocycles. The second-order valence-corrected chi connectivity index (χ2v) is 12.5. The fourth-order valence-electron chi connectivity index (χ4n) is 7.38. The molecular formula is C44H33N5. The van der Waals surface area contributed by atoms with Crippen LogP contribution in [-0.2, 0) is 5.41 Å². The third kappa shape index (κ3) is 4.83. The predicted octanol–water partition coefficient (Wildman–Crippen LogP) is 7.45. The first kappa shape index (κ1) is 28.6. The van der Waals surface area contributed by atoms with E-state index in [1.165, 1.54) is 0 Å². The summed E-state index contributed by atoms with van der Waals surface area (Å²) in [5.74, 6) is 0. The van der Waals surface area contributed by atoms with E-state index in [0.717, 1.165) is 84.0 Å². The third-order valence-corrected chi connectivity index (χ3v) is 9.59. The maximum atomic E-state index is 6.26. The summed E-state index contributed by atoms with van der Waals surface area (Å²) >= 11 is 0. The van der Waals surface area contributed by atoms with Gasteiger partial charge in [-0.05, 0) is 89.0 Å². The van der Waals surface area contributed by atoms with E-state index < -0.39 is 5.41 Å². The van der Waals surface area contributed by atoms with Crippen LogP contribution in [0.15, 0.2) is 175 Å². The molecule has 3 aromatic heterocycles. The van der Waals surface area contributed by atoms with Crippen molar-refractivity contribution in [1.29, 1.82) is 0 Å². The molecule has 0 fully saturated rings. The van der Waals surface area contributed by atoms with Crippen molar-refractivity contribution >= 4 is 28.6 Å². The lowest BCUT2D eigenvalue weighted by molar-refractivity contribution is 0.697. The highest BCUT2D eigenvalue weighted by atomic mass is 14.8. The van der Waals surface area contributed by atoms with Crippen molar-refractivity contribution in [3.8, 4) is 0 Å². The van der Waals surface area contributed by atoms with Gasteiger partial charge in [0.15, 0.2) is 0 Å². The SMILES string of the molecule is Nc1ccc(C2(c3ccccc3)c3ccc([nH]3)/C=C3/C=CC(=N3)/C(c3ccccc3)=c3/cc/c([nH]3)=C(\c3ccccc3)c3ccc2[nH]3)cc1. The van der Waals surface area contributed by atoms with Crippen molar-refractivity contribution in [2.45, 2.75) is 5.41 Å². The first-order valence-electron chi connectivity index (χ1n) is 16.5. The number of rotatable bonds is 4. The van der Waals surface area contributed by atoms with Gasteiger partial charge in [-0.2, -0.15) is 0 Å². The molecule has 7 aromatic rings. The van der Waals surface area contributed by atoms with Crippen LogP contribution in [0, 0.1) is 0 Å². The summed E-state index contributed by atoms with van der Waals surface area (Å²) in [5, 5.41) is 2.01. The summed E-state index contributed by atoms with van der Waals surface area (Å²) < 4.78 is 0. The molecule has 0 radical (unpaired) electrons. The number of nitrogens with one attached hydrogen (secondary N) is 3. The second-order valence-electron chi connectivity index (χ2n) is 12.5. The quantitative estimate of drug-likeness (QED) is 0.150. The number of aromatic amines is 3. The van der Waals surface area contributed by atoms with E-state index in [1.54, 1.807) is 0 Å². The Morgan fingerprint density at radius 3 is 1.80 bits per heavy atom. The van der Waals surface area contributed by atoms with Crippen LogP contribution in [0.2, 0.25) is 0 Å². The topological polar surface area (TPSA) is 85.8 Å². The number of hydrogen-bond donors (Lipinski definition) is 4. The van der Waals surface area contributed by atoms with Gasteiger partial charge in [-0.3, -0.25) is 0 Å². The highest BCUT2D eigenvalue weighted by molar-refractivity contribution is 6.30. The van der Waals surface area contributed by atoms with Crippen molar-refractivity contribution in [3.63, 3.8) is 0 Å². The van der Waals surface area contributed by atoms with Gasteiger partial charge < -0.3 is 20.7 Å². The molecule has 234 valence electrons. The first-order valence-corrected chi connectivity index (χ1v) is 16.5. The molecule has 4 aromatic carbocycles. The number of aliphatic imine (C=N–C) groups is 1. The summed E-state index contributed by atoms with van der Waals surface area (Å²) in [7, 11) is 0. The number of anilines is 1. The van der Waals surface area contributed by atoms with Crippen molar-refractivity contribution in [2.75, 3.05) is 5.73 Å². The molecule has 0 aliphatic carbocycles. The zero-order valence-electron chi connectivity index (χ0n) is 26.7. The molecule has 2 aliphatic rings. The van der Waals surface area contributed by atoms with Gasteiger partial charge in [-0.15, -0.1) is 0 Å². The Bertz CT molecular complexity index is 2530. The zero-order valence-corrected chi connectivity index (χ0v) is 26.7. The van der Waals surface area contributed by atoms with Crippen LogP contribution in [0.3, 0.4) is 0 Å². The molecule has 5 heterocycles. The summed E-state index contributed by atoms with van der Waals surface area (Å²) in [6.45, 7) is 0. The van der Waals surface area contributed by atoms with E-state index in [2.05, 4.69) is 167 Å². The molecule has 0 saturated heterocycles. The molecule has 8 bridgehead atoms. The lowest BCUT2D eigenvalue weighted by Crippen LogP contribution is -2.32. The molecule has 1 unspecified atom stereocenters. The molecule has 5 heteroatoms. The number of nitrogens with zero attached hydrogens (tertiary/aromatic N) is 1. The van der Waals surface area contributed by atoms with Gasteiger partial charge in [0.05, 0.1) is 11.4 Å². The van der Waals surface area contributed by atoms with Crippen LogP contribution >= 0.6 is 0 Å². The van der Waals surface area contributed by atoms with Gasteiger partial charge in [0, 0.05) is 50.3 Å². The Morgan fingerprint density at radius 2 is 1.08 bits per heavy atom. The number of hydrogen-bond acceptors (Lipinski definition) is 2. The Hall–Kier alpha value is -6.59. The van der Waals surface area contributed by atoms with Crippen molar-refractivity contribution in [2.24, 2.45) is 4.99 Å². The predicted molar refractivity (Wildman–Crippen MR) is 199 cm³/mol. The van der Waals surface area contributed by atoms with Crippen molar-refractivity contribution in [3.05, 3.63) is 225 Å². The number of nitrogen functional groups attached to an aromatic ring is 1. The van der Waals surface area contributed by atoms with E-state index in [9.17, 15) is 0 Å². The Morgan fingerprint density at radius 1 is 0.490 bits per heavy atom. The molecule has 5 nitrogen and oxygen atoms in total. The highest BCUT2D eigenvalue weighted by Gasteiger charge is 2.41. The van der Waals surface area contributed by atoms with E-state index in [0.29, 0.717) is 0 Å². The van der Waals surface area contributed by atoms with Crippen LogP contribution in [0.5, 0.6) is 0 Å². The van der Waals surface area contributed by atoms with Crippen LogP contribution in [0.1, 0.15) is 45.0 Å². The van der Waals surface area contributed by atoms with Crippen LogP contribution < -0.4 is 16.4 Å². The maximum absolute atomic E-state index is 6.26. The number of fused-ring (bicyclic) bond motifs is 7. The molecule has 0 amide bonds. The summed E-state index contributed by atoms with van der Waals surface area (Å²) in [6.07, 6.45) is 6.31. The molecule has 1 atom stereocenters. The van der Waals surface area contributed by atoms with E-state index in [1.807, 2.05) is 18.2 Å². The van der Waals surface area contributed by atoms with Gasteiger partial charge in [0.2, 0.25) is 0 Å². The molecule has 9 rings (SSSR count). The Kier molecular flexibility index (Phi) is 6.76. The Labute approximate surface area is 284 Å². The van der Waals surface area contributed by atoms with Crippen LogP contribution in [-0.4, -0.2) is 20.7 Å². The van der Waals surface area contributed by atoms with Crippen molar-refractivity contribution < 1.29 is 0 Å². The smallest absolute Gasteiger partial charge is 0.100 e. The van der Waals surface area contributed by atoms with Crippen LogP contribution in [0.4, 0.5) is 5.69 Å². The maximum Gasteiger partial charge on any atom is 0.100 e. The number of nitrogens with two attached hydrogens (primary N) is 1. The van der Waals surface area contributed by atoms with Gasteiger partial charge in [-0.1, -0.05) is 103 Å². The molecule has 49 heavy (non-hydrogen) atoms. The fourth-order valence-corrected chi connectivity index (χ4v) is 7.38. The minimum Gasteiger partial charge on any atom is -0.399 e. The lowest BCUT2D eigenvalue weighted by Gasteiger charge is -2.34. The number of aromatic nitrogens is 3. The average Bonchev–Trinajstić information content (AvgIpc) is 3.98. The summed E-state index contributed by atoms with van der Waals surface area (Å²) in [4.78, 5) is 16.7. The average molecular weight is 632 g/mol. The minimum atomic E-state index is -0.710. The minimum absolute atomic E-state index is 0.710. The standard InChI is InChI=1S/C44H33N5/c45-33-18-16-32(17-19-33)44(31-14-8-3-9-15-31)40-26-21-35(47-40)28-34-20-22-36(46-34)42(29-10-4-1-5-11-29)37-23-24-38(48-37)43(30-12-6-2-7-13-30)39-25-27-41(44)49-39/h1-28,47-49H,45H2/b34-28-,42-37-,43-38-. The normalized spacial score (nSPS) is 20.1. The van der Waals surface area contributed by atoms with Gasteiger partial charge in [0.1, 0.15) is 5.41 Å². The molecule has 2 aliphatic heterocycles. The number of benzene rings is 4. The third-order valence-electron chi connectivity index (χ3n) is 9.59. The number of allylic oxidation sites excluding steroid dienone is 2. The van der Waals surface area contributed by atoms with E-state index >= 15 is 0 Å². The van der Waals surface area contributed by atoms with Gasteiger partial charge in [0.25, 0.3) is 0 Å². The second kappa shape index (κ2) is 11.6. The monoisotopic (exact) mass is 631 g/mol. The lowest BCUT2D eigenvalue weighted by atomic mass is 9.69. The van der Waals surface area contributed by atoms with Crippen molar-refractivity contribution in [1.82, 2.24) is 15.0 Å². The molecule has 0 spiro atoms. The summed E-state index contributed by atoms with van der Waals surface area (Å²) in [5.41, 5.74) is 18.6. The Balaban J connectivity index is 1.42. The van der Waals surface area contributed by atoms with Crippen LogP contribution in [0.25, 0.3) is 17.2 Å². The molecular weight excluding hydrogens is 599 g/mol. The van der Waals surface area contributed by atoms with E-state index in [4.69, 9.17) is 10.7 Å². The summed E-state index contributed by atoms with van der Waals surface area (Å²) in [6, 6.07) is 53.0. The highest BCUT2D eigenvalue weighted by Crippen LogP contribution is 2.45. The van der Waals surface area contributed by atoms with Gasteiger partial charge >= 0.3 is 0 Å². The zero-order chi connectivity index (χ0) is 32.8. The van der Waals surface area contributed by atoms with Gasteiger partial charge in [-0.25, -0.2) is 4.99 Å². The largest absolute Gasteiger partial charge is 0.399 e. The molecule has 5 N–H and O–H groups in total. The number of H-pyrrole nitrogens is 3. The van der Waals surface area contributed by atoms with E-state index in [-0.39, 0.29) is 0 Å². The first-order chi connectivity index (χ1) is 24.2.